The summed E-state index contributed by atoms with van der Waals surface area (Å²) in [5, 5.41) is 0. The molecule has 0 aromatic heterocycles. The minimum absolute atomic E-state index is 0.0903. The molecule has 0 bridgehead atoms. The van der Waals surface area contributed by atoms with Crippen molar-refractivity contribution in [2.45, 2.75) is 66.9 Å². The van der Waals surface area contributed by atoms with Gasteiger partial charge in [-0.1, -0.05) is 27.2 Å². The molecule has 0 spiro atoms. The maximum absolute atomic E-state index is 10.3. The van der Waals surface area contributed by atoms with E-state index in [9.17, 15) is 9.59 Å². The van der Waals surface area contributed by atoms with Crippen LogP contribution in [0.2, 0.25) is 0 Å². The van der Waals surface area contributed by atoms with E-state index in [1.165, 1.54) is 13.8 Å². The van der Waals surface area contributed by atoms with E-state index in [0.717, 1.165) is 19.3 Å². The molecule has 0 N–H and O–H groups in total. The molecule has 0 heterocycles. The molecule has 0 fully saturated rings. The van der Waals surface area contributed by atoms with E-state index in [-0.39, 0.29) is 18.0 Å². The SMILES string of the molecule is CC(=O)OCCC(C)C.CCCC(C)OC(C)=O. The Morgan fingerprint density at radius 1 is 1.00 bits per heavy atom. The van der Waals surface area contributed by atoms with Crippen LogP contribution in [-0.2, 0) is 19.1 Å². The Morgan fingerprint density at radius 3 is 1.89 bits per heavy atom. The summed E-state index contributed by atoms with van der Waals surface area (Å²) in [5.41, 5.74) is 0. The van der Waals surface area contributed by atoms with Crippen molar-refractivity contribution in [1.82, 2.24) is 0 Å². The van der Waals surface area contributed by atoms with Gasteiger partial charge in [0, 0.05) is 13.8 Å². The molecule has 0 aromatic carbocycles. The summed E-state index contributed by atoms with van der Waals surface area (Å²) in [6, 6.07) is 0. The van der Waals surface area contributed by atoms with Crippen LogP contribution in [0.3, 0.4) is 0 Å². The predicted molar refractivity (Wildman–Crippen MR) is 72.2 cm³/mol. The molecule has 0 aliphatic rings. The Balaban J connectivity index is 0. The van der Waals surface area contributed by atoms with Crippen molar-refractivity contribution >= 4 is 11.9 Å². The quantitative estimate of drug-likeness (QED) is 0.687. The molecule has 4 heteroatoms. The molecule has 0 rings (SSSR count). The Morgan fingerprint density at radius 2 is 1.56 bits per heavy atom. The Hall–Kier alpha value is -1.06. The van der Waals surface area contributed by atoms with Gasteiger partial charge < -0.3 is 9.47 Å². The molecule has 0 saturated heterocycles. The lowest BCUT2D eigenvalue weighted by molar-refractivity contribution is -0.145. The van der Waals surface area contributed by atoms with Gasteiger partial charge in [-0.2, -0.15) is 0 Å². The Labute approximate surface area is 111 Å². The van der Waals surface area contributed by atoms with Gasteiger partial charge in [-0.3, -0.25) is 9.59 Å². The van der Waals surface area contributed by atoms with Crippen molar-refractivity contribution in [2.24, 2.45) is 5.92 Å². The normalized spacial score (nSPS) is 11.3. The van der Waals surface area contributed by atoms with Gasteiger partial charge in [0.15, 0.2) is 0 Å². The maximum atomic E-state index is 10.3. The lowest BCUT2D eigenvalue weighted by Crippen LogP contribution is -2.11. The van der Waals surface area contributed by atoms with E-state index in [1.807, 2.05) is 6.92 Å². The number of carbonyl (C=O) groups is 2. The topological polar surface area (TPSA) is 52.6 Å². The van der Waals surface area contributed by atoms with Gasteiger partial charge in [0.1, 0.15) is 0 Å². The average Bonchev–Trinajstić information content (AvgIpc) is 2.16. The fourth-order valence-corrected chi connectivity index (χ4v) is 1.19. The number of rotatable bonds is 6. The van der Waals surface area contributed by atoms with Crippen LogP contribution in [0, 0.1) is 5.92 Å². The Kier molecular flexibility index (Phi) is 13.3. The van der Waals surface area contributed by atoms with Crippen molar-refractivity contribution in [3.63, 3.8) is 0 Å². The fraction of sp³-hybridized carbons (Fsp3) is 0.857. The highest BCUT2D eigenvalue weighted by molar-refractivity contribution is 5.66. The van der Waals surface area contributed by atoms with Crippen LogP contribution in [0.1, 0.15) is 60.8 Å². The second kappa shape index (κ2) is 12.4. The predicted octanol–water partition coefficient (Wildman–Crippen LogP) is 3.33. The summed E-state index contributed by atoms with van der Waals surface area (Å²) >= 11 is 0. The number of ether oxygens (including phenoxy) is 2. The largest absolute Gasteiger partial charge is 0.466 e. The van der Waals surface area contributed by atoms with Crippen LogP contribution >= 0.6 is 0 Å². The Bertz CT molecular complexity index is 224. The lowest BCUT2D eigenvalue weighted by atomic mass is 10.1. The first-order valence-electron chi connectivity index (χ1n) is 6.60. The number of hydrogen-bond donors (Lipinski definition) is 0. The van der Waals surface area contributed by atoms with Gasteiger partial charge in [-0.25, -0.2) is 0 Å². The van der Waals surface area contributed by atoms with Gasteiger partial charge in [-0.05, 0) is 25.7 Å². The number of carbonyl (C=O) groups excluding carboxylic acids is 2. The van der Waals surface area contributed by atoms with E-state index < -0.39 is 0 Å². The van der Waals surface area contributed by atoms with Gasteiger partial charge >= 0.3 is 11.9 Å². The first-order valence-corrected chi connectivity index (χ1v) is 6.60. The van der Waals surface area contributed by atoms with Gasteiger partial charge in [0.05, 0.1) is 12.7 Å². The molecule has 4 nitrogen and oxygen atoms in total. The molecular formula is C14H28O4. The van der Waals surface area contributed by atoms with E-state index in [1.54, 1.807) is 0 Å². The standard InChI is InChI=1S/2C7H14O2/c1-6(2)4-5-9-7(3)8;1-4-5-6(2)9-7(3)8/h2*6H,4-5H2,1-3H3. The van der Waals surface area contributed by atoms with Crippen LogP contribution in [0.5, 0.6) is 0 Å². The van der Waals surface area contributed by atoms with Crippen molar-refractivity contribution < 1.29 is 19.1 Å². The van der Waals surface area contributed by atoms with E-state index >= 15 is 0 Å². The van der Waals surface area contributed by atoms with Crippen LogP contribution in [0.4, 0.5) is 0 Å². The summed E-state index contributed by atoms with van der Waals surface area (Å²) in [4.78, 5) is 20.5. The first kappa shape index (κ1) is 19.3. The van der Waals surface area contributed by atoms with Crippen LogP contribution in [0.25, 0.3) is 0 Å². The fourth-order valence-electron chi connectivity index (χ4n) is 1.19. The van der Waals surface area contributed by atoms with Crippen LogP contribution in [-0.4, -0.2) is 24.6 Å². The van der Waals surface area contributed by atoms with Gasteiger partial charge in [-0.15, -0.1) is 0 Å². The molecule has 1 unspecified atom stereocenters. The lowest BCUT2D eigenvalue weighted by Gasteiger charge is -2.08. The zero-order valence-electron chi connectivity index (χ0n) is 12.6. The number of hydrogen-bond acceptors (Lipinski definition) is 4. The van der Waals surface area contributed by atoms with E-state index in [2.05, 4.69) is 20.8 Å². The molecule has 18 heavy (non-hydrogen) atoms. The third kappa shape index (κ3) is 20.4. The highest BCUT2D eigenvalue weighted by Crippen LogP contribution is 2.00. The summed E-state index contributed by atoms with van der Waals surface area (Å²) in [6.07, 6.45) is 3.07. The number of esters is 2. The second-order valence-corrected chi connectivity index (χ2v) is 4.73. The van der Waals surface area contributed by atoms with Crippen molar-refractivity contribution in [1.29, 1.82) is 0 Å². The molecule has 0 aromatic rings. The molecule has 0 radical (unpaired) electrons. The zero-order valence-corrected chi connectivity index (χ0v) is 12.6. The van der Waals surface area contributed by atoms with E-state index in [4.69, 9.17) is 9.47 Å². The highest BCUT2D eigenvalue weighted by Gasteiger charge is 2.01. The van der Waals surface area contributed by atoms with Gasteiger partial charge in [0.25, 0.3) is 0 Å². The average molecular weight is 260 g/mol. The maximum Gasteiger partial charge on any atom is 0.302 e. The summed E-state index contributed by atoms with van der Waals surface area (Å²) in [5.74, 6) is 0.246. The smallest absolute Gasteiger partial charge is 0.302 e. The molecule has 108 valence electrons. The van der Waals surface area contributed by atoms with Crippen molar-refractivity contribution in [3.05, 3.63) is 0 Å². The monoisotopic (exact) mass is 260 g/mol. The zero-order chi connectivity index (χ0) is 14.6. The molecule has 1 atom stereocenters. The molecule has 0 amide bonds. The third-order valence-electron chi connectivity index (χ3n) is 2.06. The molecular weight excluding hydrogens is 232 g/mol. The van der Waals surface area contributed by atoms with Crippen molar-refractivity contribution in [3.8, 4) is 0 Å². The summed E-state index contributed by atoms with van der Waals surface area (Å²) in [7, 11) is 0. The first-order chi connectivity index (χ1) is 8.29. The minimum Gasteiger partial charge on any atom is -0.466 e. The van der Waals surface area contributed by atoms with E-state index in [0.29, 0.717) is 12.5 Å². The molecule has 0 saturated carbocycles. The molecule has 0 aliphatic carbocycles. The van der Waals surface area contributed by atoms with Crippen LogP contribution < -0.4 is 0 Å². The third-order valence-corrected chi connectivity index (χ3v) is 2.06. The highest BCUT2D eigenvalue weighted by atomic mass is 16.5. The van der Waals surface area contributed by atoms with Crippen molar-refractivity contribution in [2.75, 3.05) is 6.61 Å². The molecule has 0 aliphatic heterocycles. The van der Waals surface area contributed by atoms with Crippen LogP contribution in [0.15, 0.2) is 0 Å². The second-order valence-electron chi connectivity index (χ2n) is 4.73. The minimum atomic E-state index is -0.185. The van der Waals surface area contributed by atoms with Gasteiger partial charge in [0.2, 0.25) is 0 Å². The summed E-state index contributed by atoms with van der Waals surface area (Å²) < 4.78 is 9.57. The summed E-state index contributed by atoms with van der Waals surface area (Å²) in [6.45, 7) is 11.6.